The number of hydrogen-bond acceptors (Lipinski definition) is 3. The van der Waals surface area contributed by atoms with Gasteiger partial charge in [-0.1, -0.05) is 42.5 Å². The minimum Gasteiger partial charge on any atom is -0.335 e. The van der Waals surface area contributed by atoms with Crippen molar-refractivity contribution in [1.29, 1.82) is 0 Å². The summed E-state index contributed by atoms with van der Waals surface area (Å²) in [5, 5.41) is 0. The van der Waals surface area contributed by atoms with Gasteiger partial charge in [0.15, 0.2) is 0 Å². The number of amides is 1. The summed E-state index contributed by atoms with van der Waals surface area (Å²) in [5.74, 6) is -0.505. The SMILES string of the molecule is Cc1cc(C(=O)N2CCN(CC=Cc3ccccc3)CC2)ncc1F. The van der Waals surface area contributed by atoms with E-state index in [2.05, 4.69) is 34.2 Å². The van der Waals surface area contributed by atoms with E-state index in [1.807, 2.05) is 18.2 Å². The molecule has 0 spiro atoms. The lowest BCUT2D eigenvalue weighted by Crippen LogP contribution is -2.48. The van der Waals surface area contributed by atoms with Crippen LogP contribution < -0.4 is 0 Å². The van der Waals surface area contributed by atoms with Crippen molar-refractivity contribution in [3.63, 3.8) is 0 Å². The lowest BCUT2D eigenvalue weighted by molar-refractivity contribution is 0.0644. The van der Waals surface area contributed by atoms with Crippen molar-refractivity contribution in [2.75, 3.05) is 32.7 Å². The number of halogens is 1. The van der Waals surface area contributed by atoms with Crippen molar-refractivity contribution in [2.24, 2.45) is 0 Å². The number of pyridine rings is 1. The average molecular weight is 339 g/mol. The highest BCUT2D eigenvalue weighted by molar-refractivity contribution is 5.92. The Morgan fingerprint density at radius 3 is 2.60 bits per heavy atom. The molecule has 130 valence electrons. The zero-order valence-corrected chi connectivity index (χ0v) is 14.4. The van der Waals surface area contributed by atoms with Gasteiger partial charge in [0.1, 0.15) is 11.5 Å². The molecule has 1 fully saturated rings. The van der Waals surface area contributed by atoms with E-state index in [1.54, 1.807) is 11.8 Å². The molecule has 1 amide bonds. The number of aromatic nitrogens is 1. The number of carbonyl (C=O) groups is 1. The highest BCUT2D eigenvalue weighted by Crippen LogP contribution is 2.11. The zero-order valence-electron chi connectivity index (χ0n) is 14.4. The molecule has 1 saturated heterocycles. The van der Waals surface area contributed by atoms with Gasteiger partial charge in [0, 0.05) is 32.7 Å². The van der Waals surface area contributed by atoms with Crippen LogP contribution in [0.25, 0.3) is 6.08 Å². The number of aryl methyl sites for hydroxylation is 1. The normalized spacial score (nSPS) is 15.7. The Balaban J connectivity index is 1.50. The van der Waals surface area contributed by atoms with E-state index in [1.165, 1.54) is 11.6 Å². The molecule has 0 aliphatic carbocycles. The fraction of sp³-hybridized carbons (Fsp3) is 0.300. The van der Waals surface area contributed by atoms with Crippen LogP contribution in [0.3, 0.4) is 0 Å². The Morgan fingerprint density at radius 1 is 1.20 bits per heavy atom. The maximum atomic E-state index is 13.3. The third-order valence-electron chi connectivity index (χ3n) is 4.40. The molecule has 0 bridgehead atoms. The van der Waals surface area contributed by atoms with Crippen LogP contribution >= 0.6 is 0 Å². The van der Waals surface area contributed by atoms with Crippen LogP contribution in [-0.4, -0.2) is 53.4 Å². The second-order valence-corrected chi connectivity index (χ2v) is 6.22. The van der Waals surface area contributed by atoms with Crippen LogP contribution in [0.4, 0.5) is 4.39 Å². The molecule has 0 saturated carbocycles. The number of piperazine rings is 1. The van der Waals surface area contributed by atoms with Crippen molar-refractivity contribution >= 4 is 12.0 Å². The molecule has 0 atom stereocenters. The highest BCUT2D eigenvalue weighted by Gasteiger charge is 2.22. The first-order valence-electron chi connectivity index (χ1n) is 8.49. The van der Waals surface area contributed by atoms with Crippen molar-refractivity contribution in [2.45, 2.75) is 6.92 Å². The van der Waals surface area contributed by atoms with Crippen LogP contribution in [0, 0.1) is 12.7 Å². The van der Waals surface area contributed by atoms with Gasteiger partial charge < -0.3 is 4.90 Å². The summed E-state index contributed by atoms with van der Waals surface area (Å²) in [5.41, 5.74) is 1.95. The standard InChI is InChI=1S/C20H22FN3O/c1-16-14-19(22-15-18(16)21)20(25)24-12-10-23(11-13-24)9-5-8-17-6-3-2-4-7-17/h2-8,14-15H,9-13H2,1H3. The summed E-state index contributed by atoms with van der Waals surface area (Å²) in [7, 11) is 0. The molecule has 3 rings (SSSR count). The van der Waals surface area contributed by atoms with Gasteiger partial charge >= 0.3 is 0 Å². The van der Waals surface area contributed by atoms with E-state index in [9.17, 15) is 9.18 Å². The van der Waals surface area contributed by atoms with Gasteiger partial charge in [-0.3, -0.25) is 9.69 Å². The first kappa shape index (κ1) is 17.3. The van der Waals surface area contributed by atoms with Gasteiger partial charge in [-0.2, -0.15) is 0 Å². The summed E-state index contributed by atoms with van der Waals surface area (Å²) in [6, 6.07) is 11.7. The topological polar surface area (TPSA) is 36.4 Å². The molecule has 0 N–H and O–H groups in total. The van der Waals surface area contributed by atoms with Gasteiger partial charge in [-0.25, -0.2) is 9.37 Å². The van der Waals surface area contributed by atoms with Crippen molar-refractivity contribution in [1.82, 2.24) is 14.8 Å². The Bertz CT molecular complexity index is 753. The largest absolute Gasteiger partial charge is 0.335 e. The monoisotopic (exact) mass is 339 g/mol. The zero-order chi connectivity index (χ0) is 17.6. The Labute approximate surface area is 147 Å². The minimum atomic E-state index is -0.383. The summed E-state index contributed by atoms with van der Waals surface area (Å²) < 4.78 is 13.3. The second kappa shape index (κ2) is 8.03. The van der Waals surface area contributed by atoms with E-state index in [4.69, 9.17) is 0 Å². The van der Waals surface area contributed by atoms with E-state index >= 15 is 0 Å². The molecule has 2 heterocycles. The molecule has 25 heavy (non-hydrogen) atoms. The molecule has 1 aromatic carbocycles. The lowest BCUT2D eigenvalue weighted by Gasteiger charge is -2.34. The van der Waals surface area contributed by atoms with Crippen LogP contribution in [0.15, 0.2) is 48.7 Å². The quantitative estimate of drug-likeness (QED) is 0.859. The van der Waals surface area contributed by atoms with Gasteiger partial charge in [0.2, 0.25) is 0 Å². The predicted octanol–water partition coefficient (Wildman–Crippen LogP) is 3.00. The molecular weight excluding hydrogens is 317 g/mol. The summed E-state index contributed by atoms with van der Waals surface area (Å²) in [6.45, 7) is 5.48. The van der Waals surface area contributed by atoms with Crippen LogP contribution in [-0.2, 0) is 0 Å². The summed E-state index contributed by atoms with van der Waals surface area (Å²) in [6.07, 6.45) is 5.38. The first-order valence-corrected chi connectivity index (χ1v) is 8.49. The number of carbonyl (C=O) groups excluding carboxylic acids is 1. The summed E-state index contributed by atoms with van der Waals surface area (Å²) in [4.78, 5) is 20.5. The molecule has 1 aliphatic rings. The minimum absolute atomic E-state index is 0.123. The fourth-order valence-electron chi connectivity index (χ4n) is 2.85. The van der Waals surface area contributed by atoms with Crippen molar-refractivity contribution in [3.8, 4) is 0 Å². The van der Waals surface area contributed by atoms with Crippen LogP contribution in [0.5, 0.6) is 0 Å². The van der Waals surface area contributed by atoms with Crippen LogP contribution in [0.1, 0.15) is 21.6 Å². The molecule has 1 aliphatic heterocycles. The lowest BCUT2D eigenvalue weighted by atomic mass is 10.2. The number of rotatable bonds is 4. The van der Waals surface area contributed by atoms with Crippen molar-refractivity contribution < 1.29 is 9.18 Å². The average Bonchev–Trinajstić information content (AvgIpc) is 2.65. The third-order valence-corrected chi connectivity index (χ3v) is 4.40. The highest BCUT2D eigenvalue weighted by atomic mass is 19.1. The van der Waals surface area contributed by atoms with Crippen molar-refractivity contribution in [3.05, 3.63) is 71.3 Å². The van der Waals surface area contributed by atoms with Gasteiger partial charge in [-0.15, -0.1) is 0 Å². The number of nitrogens with zero attached hydrogens (tertiary/aromatic N) is 3. The third kappa shape index (κ3) is 4.51. The maximum absolute atomic E-state index is 13.3. The fourth-order valence-corrected chi connectivity index (χ4v) is 2.85. The molecule has 4 nitrogen and oxygen atoms in total. The van der Waals surface area contributed by atoms with E-state index in [-0.39, 0.29) is 11.7 Å². The summed E-state index contributed by atoms with van der Waals surface area (Å²) >= 11 is 0. The smallest absolute Gasteiger partial charge is 0.272 e. The predicted molar refractivity (Wildman–Crippen MR) is 96.8 cm³/mol. The molecule has 1 aromatic heterocycles. The molecule has 2 aromatic rings. The van der Waals surface area contributed by atoms with Gasteiger partial charge in [-0.05, 0) is 24.1 Å². The number of hydrogen-bond donors (Lipinski definition) is 0. The molecule has 0 unspecified atom stereocenters. The van der Waals surface area contributed by atoms with E-state index < -0.39 is 0 Å². The van der Waals surface area contributed by atoms with Gasteiger partial charge in [0.05, 0.1) is 6.20 Å². The van der Waals surface area contributed by atoms with Crippen LogP contribution in [0.2, 0.25) is 0 Å². The Kier molecular flexibility index (Phi) is 5.56. The maximum Gasteiger partial charge on any atom is 0.272 e. The van der Waals surface area contributed by atoms with E-state index in [0.717, 1.165) is 25.8 Å². The molecule has 5 heteroatoms. The van der Waals surface area contributed by atoms with E-state index in [0.29, 0.717) is 24.3 Å². The second-order valence-electron chi connectivity index (χ2n) is 6.22. The van der Waals surface area contributed by atoms with Gasteiger partial charge in [0.25, 0.3) is 5.91 Å². The molecular formula is C20H22FN3O. The molecule has 0 radical (unpaired) electrons. The first-order chi connectivity index (χ1) is 12.1. The Morgan fingerprint density at radius 2 is 1.92 bits per heavy atom. The Hall–Kier alpha value is -2.53. The number of benzene rings is 1.